The fourth-order valence-electron chi connectivity index (χ4n) is 7.32. The maximum atomic E-state index is 5.06. The Hall–Kier alpha value is -0.440. The van der Waals surface area contributed by atoms with Crippen molar-refractivity contribution >= 4 is 0 Å². The Morgan fingerprint density at radius 2 is 0.419 bits per heavy atom. The van der Waals surface area contributed by atoms with Gasteiger partial charge in [0.2, 0.25) is 0 Å². The van der Waals surface area contributed by atoms with Crippen molar-refractivity contribution in [1.82, 2.24) is 0 Å². The van der Waals surface area contributed by atoms with Crippen LogP contribution < -0.4 is 0 Å². The predicted molar refractivity (Wildman–Crippen MR) is 425 cm³/mol. The third-order valence-electron chi connectivity index (χ3n) is 13.4. The molecule has 0 saturated heterocycles. The summed E-state index contributed by atoms with van der Waals surface area (Å²) >= 11 is 0. The highest BCUT2D eigenvalue weighted by atomic mass is 16.5. The van der Waals surface area contributed by atoms with Gasteiger partial charge in [-0.15, -0.1) is 0 Å². The number of rotatable bonds is 43. The highest BCUT2D eigenvalue weighted by Crippen LogP contribution is 2.11. The molecule has 0 rings (SSSR count). The summed E-state index contributed by atoms with van der Waals surface area (Å²) in [6.07, 6.45) is 40.2. The van der Waals surface area contributed by atoms with E-state index in [9.17, 15) is 0 Å². The molecule has 93 heavy (non-hydrogen) atoms. The molecule has 0 aliphatic rings. The van der Waals surface area contributed by atoms with Gasteiger partial charge in [0.05, 0.1) is 0 Å². The monoisotopic (exact) mass is 1350 g/mol. The zero-order valence-electron chi connectivity index (χ0n) is 72.0. The van der Waals surface area contributed by atoms with E-state index in [1.807, 2.05) is 0 Å². The molecule has 6 unspecified atom stereocenters. The number of hydrogen-bond acceptors (Lipinski definition) is 11. The van der Waals surface area contributed by atoms with Crippen LogP contribution in [-0.2, 0) is 52.1 Å². The first-order valence-electron chi connectivity index (χ1n) is 38.5. The van der Waals surface area contributed by atoms with Gasteiger partial charge in [-0.1, -0.05) is 306 Å². The standard InChI is InChI=1S/C10H22O.C9H20O.C8H18O.2C7H16O.C7H16.2C6H14O.C6H14.C5H12O.C5H12.3C2H6O/c1-4-5-6-7-8-10(2)9-11-3;1-4-5-6-7-9(2)8-10-3;1-4-5-6-8(2)7-9-3;1-4-7(2)5-6-8-3;1-4-5-7(2)6-8-3;1-3-5-7-6-4-2;1-6(2)4-5-7-3;1-4-6(2)5-7-3;1-3-5-6-4-2;1-5(2)4-6-3;1-3-5-4-2;3*1-3-2/h10H,4-9H2,1-3H3;9H,4-8H2,1-3H3;8H,4-7H2,1-3H3;2*7H,4-6H2,1-3H3;3-7H2,1-2H3;2*6H,4-5H2,1-3H3;3-6H2,1-2H3;5H,4H2,1-3H3;3-5H2,1-2H3;3*1-2H3. The minimum atomic E-state index is 0.676. The van der Waals surface area contributed by atoms with E-state index in [0.717, 1.165) is 94.3 Å². The Morgan fingerprint density at radius 1 is 0.183 bits per heavy atom. The van der Waals surface area contributed by atoms with Crippen molar-refractivity contribution < 1.29 is 52.1 Å². The van der Waals surface area contributed by atoms with E-state index < -0.39 is 0 Å². The molecule has 586 valence electrons. The lowest BCUT2D eigenvalue weighted by molar-refractivity contribution is 0.154. The van der Waals surface area contributed by atoms with Crippen LogP contribution in [0.4, 0.5) is 0 Å². The van der Waals surface area contributed by atoms with Crippen molar-refractivity contribution in [1.29, 1.82) is 0 Å². The van der Waals surface area contributed by atoms with Crippen molar-refractivity contribution in [2.24, 2.45) is 47.3 Å². The first kappa shape index (κ1) is 126. The summed E-state index contributed by atoms with van der Waals surface area (Å²) in [5.74, 6) is 5.99. The summed E-state index contributed by atoms with van der Waals surface area (Å²) in [6.45, 7) is 56.0. The van der Waals surface area contributed by atoms with Gasteiger partial charge in [-0.25, -0.2) is 0 Å². The van der Waals surface area contributed by atoms with Crippen LogP contribution in [0.5, 0.6) is 0 Å². The Labute approximate surface area is 594 Å². The second kappa shape index (κ2) is 143. The molecule has 0 aromatic heterocycles. The summed E-state index contributed by atoms with van der Waals surface area (Å²) in [5, 5.41) is 0. The van der Waals surface area contributed by atoms with Crippen LogP contribution in [0.15, 0.2) is 0 Å². The van der Waals surface area contributed by atoms with Gasteiger partial charge < -0.3 is 52.1 Å². The molecule has 0 saturated carbocycles. The maximum Gasteiger partial charge on any atom is 0.0487 e. The van der Waals surface area contributed by atoms with Crippen LogP contribution in [0.2, 0.25) is 0 Å². The fourth-order valence-corrected chi connectivity index (χ4v) is 7.32. The van der Waals surface area contributed by atoms with Crippen molar-refractivity contribution in [2.45, 2.75) is 345 Å². The molecule has 6 atom stereocenters. The third kappa shape index (κ3) is 230. The van der Waals surface area contributed by atoms with E-state index in [4.69, 9.17) is 37.9 Å². The molecular weight excluding hydrogens is 1160 g/mol. The van der Waals surface area contributed by atoms with Gasteiger partial charge in [-0.3, -0.25) is 0 Å². The number of unbranched alkanes of at least 4 members (excludes halogenated alkanes) is 15. The van der Waals surface area contributed by atoms with Gasteiger partial charge in [-0.05, 0) is 85.9 Å². The van der Waals surface area contributed by atoms with Crippen LogP contribution in [0.3, 0.4) is 0 Å². The van der Waals surface area contributed by atoms with Crippen LogP contribution in [0.1, 0.15) is 345 Å². The second-order valence-electron chi connectivity index (χ2n) is 26.2. The van der Waals surface area contributed by atoms with Gasteiger partial charge >= 0.3 is 0 Å². The van der Waals surface area contributed by atoms with Gasteiger partial charge in [0.25, 0.3) is 0 Å². The summed E-state index contributed by atoms with van der Waals surface area (Å²) < 4.78 is 52.3. The Bertz CT molecular complexity index is 928. The van der Waals surface area contributed by atoms with E-state index in [1.54, 1.807) is 99.5 Å². The molecule has 0 aromatic rings. The van der Waals surface area contributed by atoms with Gasteiger partial charge in [0, 0.05) is 152 Å². The van der Waals surface area contributed by atoms with E-state index in [-0.39, 0.29) is 0 Å². The largest absolute Gasteiger partial charge is 0.388 e. The predicted octanol–water partition coefficient (Wildman–Crippen LogP) is 25.9. The lowest BCUT2D eigenvalue weighted by Gasteiger charge is -2.08. The van der Waals surface area contributed by atoms with Crippen LogP contribution >= 0.6 is 0 Å². The molecule has 0 radical (unpaired) electrons. The molecule has 0 bridgehead atoms. The molecule has 11 heteroatoms. The fraction of sp³-hybridized carbons (Fsp3) is 1.00. The van der Waals surface area contributed by atoms with E-state index in [0.29, 0.717) is 5.92 Å². The van der Waals surface area contributed by atoms with E-state index in [1.165, 1.54) is 193 Å². The minimum Gasteiger partial charge on any atom is -0.388 e. The van der Waals surface area contributed by atoms with Crippen molar-refractivity contribution in [2.75, 3.05) is 152 Å². The third-order valence-corrected chi connectivity index (χ3v) is 13.4. The Kier molecular flexibility index (Phi) is 193. The molecule has 0 amide bonds. The molecule has 0 heterocycles. The Morgan fingerprint density at radius 3 is 0.624 bits per heavy atom. The molecule has 0 aliphatic carbocycles. The zero-order chi connectivity index (χ0) is 75.3. The number of hydrogen-bond donors (Lipinski definition) is 0. The first-order chi connectivity index (χ1) is 44.4. The second-order valence-corrected chi connectivity index (χ2v) is 26.2. The number of ether oxygens (including phenoxy) is 11. The molecule has 11 nitrogen and oxygen atoms in total. The van der Waals surface area contributed by atoms with Crippen LogP contribution in [0, 0.1) is 47.3 Å². The maximum absolute atomic E-state index is 5.06. The topological polar surface area (TPSA) is 102 Å². The number of methoxy groups -OCH3 is 11. The summed E-state index contributed by atoms with van der Waals surface area (Å²) in [5.41, 5.74) is 0. The van der Waals surface area contributed by atoms with Crippen molar-refractivity contribution in [3.8, 4) is 0 Å². The van der Waals surface area contributed by atoms with Gasteiger partial charge in [0.1, 0.15) is 0 Å². The lowest BCUT2D eigenvalue weighted by Crippen LogP contribution is -2.02. The highest BCUT2D eigenvalue weighted by Gasteiger charge is 2.02. The molecule has 0 N–H and O–H groups in total. The van der Waals surface area contributed by atoms with E-state index in [2.05, 4.69) is 167 Å². The highest BCUT2D eigenvalue weighted by molar-refractivity contribution is 4.53. The van der Waals surface area contributed by atoms with Crippen LogP contribution in [0.25, 0.3) is 0 Å². The molecule has 0 aliphatic heterocycles. The molecule has 0 spiro atoms. The zero-order valence-corrected chi connectivity index (χ0v) is 72.0. The average Bonchev–Trinajstić information content (AvgIpc) is 3.57. The lowest BCUT2D eigenvalue weighted by atomic mass is 10.0. The molecule has 0 fully saturated rings. The first-order valence-corrected chi connectivity index (χ1v) is 38.5. The summed E-state index contributed by atoms with van der Waals surface area (Å²) in [7, 11) is 23.8. The van der Waals surface area contributed by atoms with Crippen molar-refractivity contribution in [3.05, 3.63) is 0 Å². The van der Waals surface area contributed by atoms with E-state index >= 15 is 0 Å². The van der Waals surface area contributed by atoms with Crippen molar-refractivity contribution in [3.63, 3.8) is 0 Å². The average molecular weight is 1350 g/mol. The molecular formula is C82H192O11. The minimum absolute atomic E-state index is 0.676. The van der Waals surface area contributed by atoms with Crippen LogP contribution in [-0.4, -0.2) is 152 Å². The summed E-state index contributed by atoms with van der Waals surface area (Å²) in [6, 6.07) is 0. The van der Waals surface area contributed by atoms with Gasteiger partial charge in [-0.2, -0.15) is 0 Å². The smallest absolute Gasteiger partial charge is 0.0487 e. The Balaban J connectivity index is -0.0000000610. The normalized spacial score (nSPS) is 11.5. The molecule has 0 aromatic carbocycles. The SMILES string of the molecule is CCC(C)CCOC.CCC(C)COC.CCCC(C)COC.CCCCC.CCCCC(C)COC.CCCCCC.CCCCCC(C)COC.CCCCCCC.CCCCCCC(C)COC.COC.COC.COC.COCC(C)C.COCCC(C)C. The summed E-state index contributed by atoms with van der Waals surface area (Å²) in [4.78, 5) is 0. The quantitative estimate of drug-likeness (QED) is 0.0546. The van der Waals surface area contributed by atoms with Gasteiger partial charge in [0.15, 0.2) is 0 Å².